The summed E-state index contributed by atoms with van der Waals surface area (Å²) in [4.78, 5) is 25.7. The van der Waals surface area contributed by atoms with Crippen LogP contribution >= 0.6 is 0 Å². The van der Waals surface area contributed by atoms with Gasteiger partial charge in [0.15, 0.2) is 9.84 Å². The molecule has 7 heteroatoms. The number of aromatic nitrogens is 2. The molecule has 2 N–H and O–H groups in total. The van der Waals surface area contributed by atoms with Crippen molar-refractivity contribution in [3.63, 3.8) is 0 Å². The highest BCUT2D eigenvalue weighted by atomic mass is 32.2. The third-order valence-corrected chi connectivity index (χ3v) is 2.66. The lowest BCUT2D eigenvalue weighted by Crippen LogP contribution is -2.27. The third-order valence-electron chi connectivity index (χ3n) is 1.51. The fourth-order valence-corrected chi connectivity index (χ4v) is 1.83. The van der Waals surface area contributed by atoms with E-state index < -0.39 is 21.1 Å². The molecule has 0 aliphatic heterocycles. The smallest absolute Gasteiger partial charge is 0.298 e. The Labute approximate surface area is 73.5 Å². The Bertz CT molecular complexity index is 536. The first-order valence-corrected chi connectivity index (χ1v) is 5.25. The molecule has 13 heavy (non-hydrogen) atoms. The monoisotopic (exact) mass is 204 g/mol. The molecule has 1 aromatic rings. The van der Waals surface area contributed by atoms with Crippen LogP contribution in [0.15, 0.2) is 14.6 Å². The average molecular weight is 204 g/mol. The highest BCUT2D eigenvalue weighted by Gasteiger charge is 2.14. The van der Waals surface area contributed by atoms with Gasteiger partial charge < -0.3 is 0 Å². The first kappa shape index (κ1) is 9.72. The van der Waals surface area contributed by atoms with Gasteiger partial charge in [0.2, 0.25) is 0 Å². The minimum Gasteiger partial charge on any atom is -0.298 e. The predicted octanol–water partition coefficient (Wildman–Crippen LogP) is -1.22. The van der Waals surface area contributed by atoms with Crippen molar-refractivity contribution in [3.05, 3.63) is 26.4 Å². The van der Waals surface area contributed by atoms with Gasteiger partial charge in [-0.15, -0.1) is 0 Å². The minimum atomic E-state index is -3.55. The number of hydrogen-bond donors (Lipinski definition) is 2. The Kier molecular flexibility index (Phi) is 2.12. The van der Waals surface area contributed by atoms with Gasteiger partial charge in [0.05, 0.1) is 0 Å². The van der Waals surface area contributed by atoms with Crippen molar-refractivity contribution in [1.82, 2.24) is 9.97 Å². The summed E-state index contributed by atoms with van der Waals surface area (Å²) in [5.41, 5.74) is -1.53. The summed E-state index contributed by atoms with van der Waals surface area (Å²) < 4.78 is 22.1. The van der Waals surface area contributed by atoms with Crippen LogP contribution in [-0.4, -0.2) is 24.6 Å². The van der Waals surface area contributed by atoms with E-state index in [-0.39, 0.29) is 10.6 Å². The highest BCUT2D eigenvalue weighted by Crippen LogP contribution is 2.03. The fraction of sp³-hybridized carbons (Fsp3) is 0.333. The quantitative estimate of drug-likeness (QED) is 0.560. The standard InChI is InChI=1S/C6H8N2O4S/c1-3-4(9)7-6(10)8-5(3)13(2,11)12/h1-2H3,(H2,7,8,9,10). The molecule has 0 aliphatic carbocycles. The van der Waals surface area contributed by atoms with Gasteiger partial charge >= 0.3 is 5.69 Å². The van der Waals surface area contributed by atoms with E-state index in [0.717, 1.165) is 6.26 Å². The summed E-state index contributed by atoms with van der Waals surface area (Å²) in [5.74, 6) is 0. The van der Waals surface area contributed by atoms with E-state index in [1.165, 1.54) is 6.92 Å². The summed E-state index contributed by atoms with van der Waals surface area (Å²) in [7, 11) is -3.55. The van der Waals surface area contributed by atoms with Gasteiger partial charge in [-0.25, -0.2) is 13.2 Å². The Morgan fingerprint density at radius 2 is 1.69 bits per heavy atom. The Morgan fingerprint density at radius 3 is 2.15 bits per heavy atom. The molecule has 0 aliphatic rings. The highest BCUT2D eigenvalue weighted by molar-refractivity contribution is 7.90. The second-order valence-corrected chi connectivity index (χ2v) is 4.59. The lowest BCUT2D eigenvalue weighted by Gasteiger charge is -1.99. The van der Waals surface area contributed by atoms with E-state index >= 15 is 0 Å². The molecule has 0 atom stereocenters. The van der Waals surface area contributed by atoms with Crippen LogP contribution < -0.4 is 11.2 Å². The van der Waals surface area contributed by atoms with Gasteiger partial charge in [0, 0.05) is 11.8 Å². The lowest BCUT2D eigenvalue weighted by atomic mass is 10.4. The molecule has 0 unspecified atom stereocenters. The summed E-state index contributed by atoms with van der Waals surface area (Å²) in [6, 6.07) is 0. The van der Waals surface area contributed by atoms with Gasteiger partial charge in [-0.3, -0.25) is 14.8 Å². The summed E-state index contributed by atoms with van der Waals surface area (Å²) >= 11 is 0. The van der Waals surface area contributed by atoms with Crippen LogP contribution in [0.3, 0.4) is 0 Å². The molecule has 1 heterocycles. The molecule has 0 fully saturated rings. The van der Waals surface area contributed by atoms with Gasteiger partial charge in [0.1, 0.15) is 5.03 Å². The molecule has 0 radical (unpaired) electrons. The van der Waals surface area contributed by atoms with Crippen molar-refractivity contribution in [3.8, 4) is 0 Å². The van der Waals surface area contributed by atoms with Crippen molar-refractivity contribution in [2.45, 2.75) is 11.9 Å². The maximum atomic E-state index is 11.0. The van der Waals surface area contributed by atoms with Crippen molar-refractivity contribution in [1.29, 1.82) is 0 Å². The van der Waals surface area contributed by atoms with Crippen LogP contribution in [0.4, 0.5) is 0 Å². The molecule has 6 nitrogen and oxygen atoms in total. The van der Waals surface area contributed by atoms with Crippen LogP contribution in [0.1, 0.15) is 5.56 Å². The van der Waals surface area contributed by atoms with Crippen LogP contribution in [0.5, 0.6) is 0 Å². The zero-order valence-electron chi connectivity index (χ0n) is 7.04. The van der Waals surface area contributed by atoms with Gasteiger partial charge in [-0.05, 0) is 6.92 Å². The summed E-state index contributed by atoms with van der Waals surface area (Å²) in [5, 5.41) is -0.332. The third kappa shape index (κ3) is 1.86. The molecule has 72 valence electrons. The molecule has 1 rings (SSSR count). The molecular weight excluding hydrogens is 196 g/mol. The van der Waals surface area contributed by atoms with Crippen molar-refractivity contribution < 1.29 is 8.42 Å². The number of rotatable bonds is 1. The SMILES string of the molecule is Cc1c(S(C)(=O)=O)[nH]c(=O)[nH]c1=O. The number of hydrogen-bond acceptors (Lipinski definition) is 4. The largest absolute Gasteiger partial charge is 0.326 e. The van der Waals surface area contributed by atoms with Crippen LogP contribution in [0, 0.1) is 6.92 Å². The van der Waals surface area contributed by atoms with E-state index in [4.69, 9.17) is 0 Å². The van der Waals surface area contributed by atoms with E-state index in [1.807, 2.05) is 4.98 Å². The molecule has 0 amide bonds. The van der Waals surface area contributed by atoms with Crippen LogP contribution in [-0.2, 0) is 9.84 Å². The molecule has 0 saturated heterocycles. The van der Waals surface area contributed by atoms with E-state index in [1.54, 1.807) is 0 Å². The topological polar surface area (TPSA) is 99.9 Å². The van der Waals surface area contributed by atoms with E-state index in [9.17, 15) is 18.0 Å². The molecular formula is C6H8N2O4S. The van der Waals surface area contributed by atoms with Gasteiger partial charge in [-0.2, -0.15) is 0 Å². The first-order valence-electron chi connectivity index (χ1n) is 3.35. The first-order chi connectivity index (χ1) is 5.82. The Morgan fingerprint density at radius 1 is 1.15 bits per heavy atom. The van der Waals surface area contributed by atoms with Crippen molar-refractivity contribution in [2.75, 3.05) is 6.26 Å². The van der Waals surface area contributed by atoms with E-state index in [2.05, 4.69) is 4.98 Å². The van der Waals surface area contributed by atoms with Crippen LogP contribution in [0.25, 0.3) is 0 Å². The van der Waals surface area contributed by atoms with Crippen molar-refractivity contribution >= 4 is 9.84 Å². The molecule has 0 bridgehead atoms. The Hall–Kier alpha value is -1.37. The van der Waals surface area contributed by atoms with Crippen molar-refractivity contribution in [2.24, 2.45) is 0 Å². The number of aromatic amines is 2. The minimum absolute atomic E-state index is 0.0119. The molecule has 0 spiro atoms. The fourth-order valence-electron chi connectivity index (χ4n) is 0.899. The van der Waals surface area contributed by atoms with E-state index in [0.29, 0.717) is 0 Å². The van der Waals surface area contributed by atoms with Crippen LogP contribution in [0.2, 0.25) is 0 Å². The number of nitrogens with one attached hydrogen (secondary N) is 2. The lowest BCUT2D eigenvalue weighted by molar-refractivity contribution is 0.595. The summed E-state index contributed by atoms with van der Waals surface area (Å²) in [6.07, 6.45) is 0.921. The molecule has 0 aromatic carbocycles. The maximum absolute atomic E-state index is 11.0. The molecule has 0 saturated carbocycles. The molecule has 1 aromatic heterocycles. The second kappa shape index (κ2) is 2.84. The maximum Gasteiger partial charge on any atom is 0.326 e. The predicted molar refractivity (Wildman–Crippen MR) is 45.5 cm³/mol. The van der Waals surface area contributed by atoms with Gasteiger partial charge in [0.25, 0.3) is 5.56 Å². The van der Waals surface area contributed by atoms with Gasteiger partial charge in [-0.1, -0.05) is 0 Å². The number of H-pyrrole nitrogens is 2. The Balaban J connectivity index is 3.76. The average Bonchev–Trinajstić information content (AvgIpc) is 1.94. The summed E-state index contributed by atoms with van der Waals surface area (Å²) in [6.45, 7) is 1.32. The number of sulfone groups is 1. The zero-order chi connectivity index (χ0) is 10.2. The zero-order valence-corrected chi connectivity index (χ0v) is 7.86. The second-order valence-electron chi connectivity index (χ2n) is 2.63. The normalized spacial score (nSPS) is 11.5.